The Kier molecular flexibility index (Phi) is 4.51. The lowest BCUT2D eigenvalue weighted by Crippen LogP contribution is -2.28. The zero-order valence-corrected chi connectivity index (χ0v) is 13.1. The van der Waals surface area contributed by atoms with Crippen LogP contribution in [-0.4, -0.2) is 34.1 Å². The molecule has 2 aromatic heterocycles. The normalized spacial score (nSPS) is 10.5. The number of carbonyl (C=O) groups excluding carboxylic acids is 1. The molecule has 7 nitrogen and oxygen atoms in total. The van der Waals surface area contributed by atoms with Crippen LogP contribution in [0.4, 0.5) is 0 Å². The second-order valence-electron chi connectivity index (χ2n) is 5.07. The third-order valence-corrected chi connectivity index (χ3v) is 3.41. The smallest absolute Gasteiger partial charge is 0.258 e. The van der Waals surface area contributed by atoms with Crippen molar-refractivity contribution in [1.29, 1.82) is 0 Å². The van der Waals surface area contributed by atoms with E-state index in [0.717, 1.165) is 0 Å². The maximum atomic E-state index is 11.9. The summed E-state index contributed by atoms with van der Waals surface area (Å²) >= 11 is 0. The molecule has 0 aliphatic rings. The molecule has 7 heteroatoms. The van der Waals surface area contributed by atoms with Crippen LogP contribution in [0.25, 0.3) is 5.65 Å². The average molecular weight is 327 g/mol. The number of aromatic hydroxyl groups is 1. The van der Waals surface area contributed by atoms with Crippen LogP contribution in [0.15, 0.2) is 48.8 Å². The van der Waals surface area contributed by atoms with E-state index in [2.05, 4.69) is 10.3 Å². The van der Waals surface area contributed by atoms with Crippen molar-refractivity contribution in [2.45, 2.75) is 6.54 Å². The van der Waals surface area contributed by atoms with E-state index in [1.807, 2.05) is 6.07 Å². The van der Waals surface area contributed by atoms with Crippen molar-refractivity contribution in [3.05, 3.63) is 54.5 Å². The summed E-state index contributed by atoms with van der Waals surface area (Å²) in [5.41, 5.74) is 1.09. The van der Waals surface area contributed by atoms with Crippen LogP contribution in [-0.2, 0) is 11.3 Å². The highest BCUT2D eigenvalue weighted by Gasteiger charge is 2.09. The van der Waals surface area contributed by atoms with E-state index >= 15 is 0 Å². The van der Waals surface area contributed by atoms with Crippen molar-refractivity contribution in [2.24, 2.45) is 0 Å². The number of ether oxygens (including phenoxy) is 2. The van der Waals surface area contributed by atoms with Gasteiger partial charge in [0.05, 0.1) is 19.3 Å². The Labute approximate surface area is 138 Å². The Morgan fingerprint density at radius 1 is 1.25 bits per heavy atom. The maximum absolute atomic E-state index is 11.9. The molecule has 2 N–H and O–H groups in total. The van der Waals surface area contributed by atoms with E-state index < -0.39 is 0 Å². The molecule has 2 heterocycles. The number of nitrogens with one attached hydrogen (secondary N) is 1. The molecular formula is C17H17N3O4. The van der Waals surface area contributed by atoms with E-state index in [-0.39, 0.29) is 24.8 Å². The molecule has 0 saturated carbocycles. The Morgan fingerprint density at radius 2 is 2.04 bits per heavy atom. The summed E-state index contributed by atoms with van der Waals surface area (Å²) in [7, 11) is 1.54. The van der Waals surface area contributed by atoms with Gasteiger partial charge in [0.2, 0.25) is 0 Å². The van der Waals surface area contributed by atoms with Crippen molar-refractivity contribution < 1.29 is 19.4 Å². The minimum Gasteiger partial charge on any atom is -0.504 e. The fraction of sp³-hybridized carbons (Fsp3) is 0.176. The van der Waals surface area contributed by atoms with E-state index in [4.69, 9.17) is 9.47 Å². The van der Waals surface area contributed by atoms with Crippen LogP contribution in [0.2, 0.25) is 0 Å². The maximum Gasteiger partial charge on any atom is 0.258 e. The van der Waals surface area contributed by atoms with E-state index in [1.54, 1.807) is 54.2 Å². The molecule has 0 aliphatic carbocycles. The number of hydrogen-bond acceptors (Lipinski definition) is 5. The quantitative estimate of drug-likeness (QED) is 0.720. The van der Waals surface area contributed by atoms with Gasteiger partial charge in [0.15, 0.2) is 29.5 Å². The number of methoxy groups -OCH3 is 1. The molecule has 1 amide bonds. The monoisotopic (exact) mass is 327 g/mol. The van der Waals surface area contributed by atoms with Gasteiger partial charge >= 0.3 is 0 Å². The first-order valence-corrected chi connectivity index (χ1v) is 7.35. The number of fused-ring (bicyclic) bond motifs is 1. The van der Waals surface area contributed by atoms with Crippen molar-refractivity contribution >= 4 is 11.6 Å². The van der Waals surface area contributed by atoms with Crippen LogP contribution >= 0.6 is 0 Å². The SMILES string of the molecule is COc1ccccc1OCC(=O)NCc1cn2cccc(O)c2n1. The molecule has 1 aromatic carbocycles. The second kappa shape index (κ2) is 6.91. The van der Waals surface area contributed by atoms with Crippen LogP contribution in [0, 0.1) is 0 Å². The zero-order chi connectivity index (χ0) is 16.9. The lowest BCUT2D eigenvalue weighted by Gasteiger charge is -2.10. The van der Waals surface area contributed by atoms with Crippen molar-refractivity contribution in [1.82, 2.24) is 14.7 Å². The third kappa shape index (κ3) is 3.40. The van der Waals surface area contributed by atoms with Gasteiger partial charge in [-0.3, -0.25) is 4.79 Å². The van der Waals surface area contributed by atoms with Gasteiger partial charge in [0.25, 0.3) is 5.91 Å². The number of imidazole rings is 1. The summed E-state index contributed by atoms with van der Waals surface area (Å²) < 4.78 is 12.3. The first-order chi connectivity index (χ1) is 11.7. The molecule has 0 unspecified atom stereocenters. The molecule has 24 heavy (non-hydrogen) atoms. The van der Waals surface area contributed by atoms with Crippen LogP contribution in [0.5, 0.6) is 17.2 Å². The standard InChI is InChI=1S/C17H17N3O4/c1-23-14-6-2-3-7-15(14)24-11-16(22)18-9-12-10-20-8-4-5-13(21)17(20)19-12/h2-8,10,21H,9,11H2,1H3,(H,18,22). The summed E-state index contributed by atoms with van der Waals surface area (Å²) in [6.45, 7) is 0.119. The number of aromatic nitrogens is 2. The molecule has 0 bridgehead atoms. The predicted molar refractivity (Wildman–Crippen MR) is 87.2 cm³/mol. The molecule has 0 atom stereocenters. The minimum absolute atomic E-state index is 0.0922. The number of carbonyl (C=O) groups is 1. The third-order valence-electron chi connectivity index (χ3n) is 3.41. The number of amides is 1. The molecule has 124 valence electrons. The Balaban J connectivity index is 1.56. The highest BCUT2D eigenvalue weighted by Crippen LogP contribution is 2.25. The van der Waals surface area contributed by atoms with Gasteiger partial charge in [-0.15, -0.1) is 0 Å². The molecule has 0 spiro atoms. The van der Waals surface area contributed by atoms with Gasteiger partial charge in [-0.2, -0.15) is 0 Å². The largest absolute Gasteiger partial charge is 0.504 e. The van der Waals surface area contributed by atoms with Crippen molar-refractivity contribution in [2.75, 3.05) is 13.7 Å². The highest BCUT2D eigenvalue weighted by molar-refractivity contribution is 5.77. The Morgan fingerprint density at radius 3 is 2.79 bits per heavy atom. The topological polar surface area (TPSA) is 85.1 Å². The molecule has 0 radical (unpaired) electrons. The van der Waals surface area contributed by atoms with Crippen molar-refractivity contribution in [3.63, 3.8) is 0 Å². The summed E-state index contributed by atoms with van der Waals surface area (Å²) in [6.07, 6.45) is 3.52. The van der Waals surface area contributed by atoms with E-state index in [1.165, 1.54) is 0 Å². The molecule has 0 saturated heterocycles. The second-order valence-corrected chi connectivity index (χ2v) is 5.07. The number of hydrogen-bond donors (Lipinski definition) is 2. The first kappa shape index (κ1) is 15.7. The zero-order valence-electron chi connectivity index (χ0n) is 13.1. The van der Waals surface area contributed by atoms with Gasteiger partial charge in [-0.1, -0.05) is 12.1 Å². The molecular weight excluding hydrogens is 310 g/mol. The van der Waals surface area contributed by atoms with Crippen LogP contribution in [0.1, 0.15) is 5.69 Å². The molecule has 0 aliphatic heterocycles. The molecule has 3 rings (SSSR count). The Bertz CT molecular complexity index is 860. The van der Waals surface area contributed by atoms with Gasteiger partial charge in [-0.25, -0.2) is 4.98 Å². The van der Waals surface area contributed by atoms with Crippen LogP contribution in [0.3, 0.4) is 0 Å². The van der Waals surface area contributed by atoms with Gasteiger partial charge in [-0.05, 0) is 24.3 Å². The van der Waals surface area contributed by atoms with Crippen molar-refractivity contribution in [3.8, 4) is 17.2 Å². The lowest BCUT2D eigenvalue weighted by atomic mass is 10.3. The fourth-order valence-corrected chi connectivity index (χ4v) is 2.26. The van der Waals surface area contributed by atoms with E-state index in [9.17, 15) is 9.90 Å². The molecule has 0 fully saturated rings. The number of pyridine rings is 1. The number of nitrogens with zero attached hydrogens (tertiary/aromatic N) is 2. The first-order valence-electron chi connectivity index (χ1n) is 7.35. The van der Waals surface area contributed by atoms with Crippen LogP contribution < -0.4 is 14.8 Å². The predicted octanol–water partition coefficient (Wildman–Crippen LogP) is 1.74. The number of para-hydroxylation sites is 2. The number of benzene rings is 1. The van der Waals surface area contributed by atoms with Gasteiger partial charge in [0, 0.05) is 12.4 Å². The van der Waals surface area contributed by atoms with Gasteiger partial charge in [0.1, 0.15) is 0 Å². The average Bonchev–Trinajstić information content (AvgIpc) is 3.03. The minimum atomic E-state index is -0.276. The summed E-state index contributed by atoms with van der Waals surface area (Å²) in [5.74, 6) is 0.894. The van der Waals surface area contributed by atoms with E-state index in [0.29, 0.717) is 22.8 Å². The fourth-order valence-electron chi connectivity index (χ4n) is 2.26. The Hall–Kier alpha value is -3.22. The molecule has 3 aromatic rings. The lowest BCUT2D eigenvalue weighted by molar-refractivity contribution is -0.123. The highest BCUT2D eigenvalue weighted by atomic mass is 16.5. The summed E-state index contributed by atoms with van der Waals surface area (Å²) in [6, 6.07) is 10.4. The summed E-state index contributed by atoms with van der Waals surface area (Å²) in [5, 5.41) is 12.4. The number of rotatable bonds is 6. The van der Waals surface area contributed by atoms with Gasteiger partial charge < -0.3 is 24.3 Å². The summed E-state index contributed by atoms with van der Waals surface area (Å²) in [4.78, 5) is 16.2.